The number of ether oxygens (including phenoxy) is 1. The van der Waals surface area contributed by atoms with E-state index in [0.717, 1.165) is 6.61 Å². The van der Waals surface area contributed by atoms with Crippen molar-refractivity contribution < 1.29 is 4.74 Å². The van der Waals surface area contributed by atoms with Gasteiger partial charge in [0.1, 0.15) is 0 Å². The van der Waals surface area contributed by atoms with Gasteiger partial charge in [-0.15, -0.1) is 11.8 Å². The fraction of sp³-hybridized carbons (Fsp3) is 0.625. The number of nitrogens with one attached hydrogen (secondary N) is 1. The minimum atomic E-state index is 0.237. The van der Waals surface area contributed by atoms with Gasteiger partial charge in [0, 0.05) is 34.6 Å². The number of hydrogen-bond acceptors (Lipinski definition) is 3. The van der Waals surface area contributed by atoms with Crippen LogP contribution in [0.25, 0.3) is 0 Å². The van der Waals surface area contributed by atoms with Gasteiger partial charge in [-0.25, -0.2) is 0 Å². The lowest BCUT2D eigenvalue weighted by atomic mass is 9.55. The molecule has 2 nitrogen and oxygen atoms in total. The monoisotopic (exact) mass is 277 g/mol. The van der Waals surface area contributed by atoms with Crippen LogP contribution in [-0.2, 0) is 4.74 Å². The Morgan fingerprint density at radius 2 is 2.21 bits per heavy atom. The fourth-order valence-electron chi connectivity index (χ4n) is 3.71. The zero-order chi connectivity index (χ0) is 13.5. The van der Waals surface area contributed by atoms with E-state index >= 15 is 0 Å². The van der Waals surface area contributed by atoms with E-state index in [0.29, 0.717) is 18.1 Å². The van der Waals surface area contributed by atoms with Gasteiger partial charge in [-0.05, 0) is 37.3 Å². The largest absolute Gasteiger partial charge is 0.381 e. The Hall–Kier alpha value is -0.670. The molecule has 104 valence electrons. The maximum absolute atomic E-state index is 5.96. The van der Waals surface area contributed by atoms with Crippen LogP contribution in [0, 0.1) is 11.3 Å². The van der Waals surface area contributed by atoms with Crippen molar-refractivity contribution in [3.63, 3.8) is 0 Å². The van der Waals surface area contributed by atoms with Crippen LogP contribution in [0.5, 0.6) is 0 Å². The Morgan fingerprint density at radius 3 is 3.00 bits per heavy atom. The van der Waals surface area contributed by atoms with Crippen molar-refractivity contribution in [2.24, 2.45) is 11.3 Å². The normalized spacial score (nSPS) is 32.3. The van der Waals surface area contributed by atoms with E-state index in [-0.39, 0.29) is 5.41 Å². The van der Waals surface area contributed by atoms with E-state index in [9.17, 15) is 0 Å². The van der Waals surface area contributed by atoms with Crippen molar-refractivity contribution in [2.45, 2.75) is 43.7 Å². The molecule has 1 saturated carbocycles. The van der Waals surface area contributed by atoms with Crippen LogP contribution in [0.2, 0.25) is 0 Å². The van der Waals surface area contributed by atoms with Crippen LogP contribution in [-0.4, -0.2) is 25.0 Å². The second-order valence-electron chi connectivity index (χ2n) is 6.27. The average Bonchev–Trinajstić information content (AvgIpc) is 2.45. The molecular weight excluding hydrogens is 254 g/mol. The molecule has 1 aliphatic carbocycles. The highest BCUT2D eigenvalue weighted by Crippen LogP contribution is 2.52. The first-order valence-corrected chi connectivity index (χ1v) is 8.37. The molecule has 2 fully saturated rings. The fourth-order valence-corrected chi connectivity index (χ4v) is 4.17. The summed E-state index contributed by atoms with van der Waals surface area (Å²) in [5.74, 6) is 0.682. The first-order valence-electron chi connectivity index (χ1n) is 7.15. The summed E-state index contributed by atoms with van der Waals surface area (Å²) in [5, 5.41) is 3.75. The summed E-state index contributed by atoms with van der Waals surface area (Å²) >= 11 is 1.79. The second-order valence-corrected chi connectivity index (χ2v) is 7.15. The molecule has 1 saturated heterocycles. The highest BCUT2D eigenvalue weighted by molar-refractivity contribution is 7.98. The Bertz CT molecular complexity index is 460. The lowest BCUT2D eigenvalue weighted by Crippen LogP contribution is -2.67. The molecule has 3 atom stereocenters. The molecule has 0 spiro atoms. The highest BCUT2D eigenvalue weighted by Gasteiger charge is 2.57. The predicted octanol–water partition coefficient (Wildman–Crippen LogP) is 4.02. The highest BCUT2D eigenvalue weighted by atomic mass is 32.2. The van der Waals surface area contributed by atoms with E-state index in [1.807, 2.05) is 0 Å². The maximum Gasteiger partial charge on any atom is 0.0693 e. The molecular formula is C16H23NOS. The molecule has 1 aromatic carbocycles. The summed E-state index contributed by atoms with van der Waals surface area (Å²) in [6, 6.07) is 9.25. The van der Waals surface area contributed by atoms with Gasteiger partial charge in [-0.2, -0.15) is 0 Å². The van der Waals surface area contributed by atoms with Crippen LogP contribution >= 0.6 is 11.8 Å². The van der Waals surface area contributed by atoms with E-state index in [1.165, 1.54) is 23.4 Å². The zero-order valence-corrected chi connectivity index (χ0v) is 12.8. The minimum Gasteiger partial charge on any atom is -0.381 e. The molecule has 1 N–H and O–H groups in total. The first kappa shape index (κ1) is 13.3. The van der Waals surface area contributed by atoms with Crippen LogP contribution in [0.15, 0.2) is 29.2 Å². The van der Waals surface area contributed by atoms with Gasteiger partial charge in [0.2, 0.25) is 0 Å². The third-order valence-corrected chi connectivity index (χ3v) is 5.45. The van der Waals surface area contributed by atoms with Gasteiger partial charge in [0.05, 0.1) is 6.10 Å². The third kappa shape index (κ3) is 2.27. The average molecular weight is 277 g/mol. The van der Waals surface area contributed by atoms with Crippen molar-refractivity contribution in [1.29, 1.82) is 0 Å². The summed E-state index contributed by atoms with van der Waals surface area (Å²) in [5.41, 5.74) is 1.48. The number of fused-ring (bicyclic) bond motifs is 1. The Kier molecular flexibility index (Phi) is 3.52. The molecule has 1 heterocycles. The quantitative estimate of drug-likeness (QED) is 0.843. The number of hydrogen-bond donors (Lipinski definition) is 1. The summed E-state index contributed by atoms with van der Waals surface area (Å²) in [7, 11) is 0. The van der Waals surface area contributed by atoms with Gasteiger partial charge < -0.3 is 10.1 Å². The summed E-state index contributed by atoms with van der Waals surface area (Å²) in [6.07, 6.45) is 5.08. The molecule has 0 radical (unpaired) electrons. The number of thioether (sulfide) groups is 1. The third-order valence-electron chi connectivity index (χ3n) is 4.72. The minimum absolute atomic E-state index is 0.237. The van der Waals surface area contributed by atoms with Gasteiger partial charge in [0.25, 0.3) is 0 Å². The van der Waals surface area contributed by atoms with Crippen molar-refractivity contribution in [3.8, 4) is 0 Å². The molecule has 19 heavy (non-hydrogen) atoms. The van der Waals surface area contributed by atoms with Gasteiger partial charge in [-0.3, -0.25) is 0 Å². The number of anilines is 1. The van der Waals surface area contributed by atoms with Crippen LogP contribution < -0.4 is 5.32 Å². The predicted molar refractivity (Wildman–Crippen MR) is 81.9 cm³/mol. The summed E-state index contributed by atoms with van der Waals surface area (Å²) in [4.78, 5) is 1.32. The van der Waals surface area contributed by atoms with Crippen LogP contribution in [0.4, 0.5) is 5.69 Å². The molecule has 0 amide bonds. The number of benzene rings is 1. The molecule has 1 aromatic rings. The number of rotatable bonds is 3. The van der Waals surface area contributed by atoms with Crippen LogP contribution in [0.1, 0.15) is 26.7 Å². The standard InChI is InChI=1S/C16H23NOS/c1-16(2)14(13-8-5-9-18-15(13)16)17-11-6-4-7-12(10-11)19-3/h4,6-7,10,13-15,17H,5,8-9H2,1-3H3. The Balaban J connectivity index is 1.75. The van der Waals surface area contributed by atoms with Crippen molar-refractivity contribution in [2.75, 3.05) is 18.2 Å². The van der Waals surface area contributed by atoms with E-state index in [2.05, 4.69) is 49.7 Å². The smallest absolute Gasteiger partial charge is 0.0693 e. The molecule has 2 aliphatic rings. The first-order chi connectivity index (χ1) is 9.13. The molecule has 1 aliphatic heterocycles. The van der Waals surface area contributed by atoms with Crippen molar-refractivity contribution >= 4 is 17.4 Å². The topological polar surface area (TPSA) is 21.3 Å². The van der Waals surface area contributed by atoms with Crippen molar-refractivity contribution in [1.82, 2.24) is 0 Å². The lowest BCUT2D eigenvalue weighted by molar-refractivity contribution is -0.177. The molecule has 0 bridgehead atoms. The second kappa shape index (κ2) is 5.02. The summed E-state index contributed by atoms with van der Waals surface area (Å²) in [6.45, 7) is 5.60. The van der Waals surface area contributed by atoms with E-state index in [1.54, 1.807) is 11.8 Å². The van der Waals surface area contributed by atoms with Crippen LogP contribution in [0.3, 0.4) is 0 Å². The van der Waals surface area contributed by atoms with Crippen molar-refractivity contribution in [3.05, 3.63) is 24.3 Å². The lowest BCUT2D eigenvalue weighted by Gasteiger charge is -2.60. The van der Waals surface area contributed by atoms with E-state index in [4.69, 9.17) is 4.74 Å². The Labute approximate surface area is 120 Å². The molecule has 3 rings (SSSR count). The summed E-state index contributed by atoms with van der Waals surface area (Å²) < 4.78 is 5.96. The van der Waals surface area contributed by atoms with Gasteiger partial charge in [-0.1, -0.05) is 19.9 Å². The maximum atomic E-state index is 5.96. The molecule has 3 unspecified atom stereocenters. The van der Waals surface area contributed by atoms with Gasteiger partial charge >= 0.3 is 0 Å². The zero-order valence-electron chi connectivity index (χ0n) is 12.0. The Morgan fingerprint density at radius 1 is 1.37 bits per heavy atom. The molecule has 3 heteroatoms. The van der Waals surface area contributed by atoms with E-state index < -0.39 is 0 Å². The SMILES string of the molecule is CSc1cccc(NC2C3CCCOC3C2(C)C)c1. The van der Waals surface area contributed by atoms with Gasteiger partial charge in [0.15, 0.2) is 0 Å². The molecule has 0 aromatic heterocycles.